The van der Waals surface area contributed by atoms with Gasteiger partial charge in [0.05, 0.1) is 12.1 Å². The molecule has 102 valence electrons. The van der Waals surface area contributed by atoms with Crippen molar-refractivity contribution in [3.63, 3.8) is 0 Å². The number of hydrogen-bond donors (Lipinski definition) is 1. The van der Waals surface area contributed by atoms with Gasteiger partial charge in [0.25, 0.3) is 0 Å². The Hall–Kier alpha value is -0.910. The van der Waals surface area contributed by atoms with E-state index in [4.69, 9.17) is 4.74 Å². The molecule has 1 amide bonds. The van der Waals surface area contributed by atoms with Gasteiger partial charge in [0.1, 0.15) is 6.61 Å². The Labute approximate surface area is 113 Å². The van der Waals surface area contributed by atoms with Crippen molar-refractivity contribution < 1.29 is 9.53 Å². The molecule has 18 heavy (non-hydrogen) atoms. The first-order valence-corrected chi connectivity index (χ1v) is 6.96. The van der Waals surface area contributed by atoms with Gasteiger partial charge in [0.2, 0.25) is 5.91 Å². The van der Waals surface area contributed by atoms with Crippen molar-refractivity contribution >= 4 is 17.2 Å². The first-order chi connectivity index (χ1) is 8.50. The molecule has 0 aliphatic rings. The highest BCUT2D eigenvalue weighted by atomic mass is 32.1. The van der Waals surface area contributed by atoms with E-state index >= 15 is 0 Å². The van der Waals surface area contributed by atoms with E-state index in [0.717, 1.165) is 0 Å². The van der Waals surface area contributed by atoms with Crippen LogP contribution in [-0.4, -0.2) is 44.2 Å². The molecule has 0 spiro atoms. The minimum atomic E-state index is -0.0629. The summed E-state index contributed by atoms with van der Waals surface area (Å²) in [5.74, 6) is -0.0629. The first kappa shape index (κ1) is 15.1. The van der Waals surface area contributed by atoms with Gasteiger partial charge in [-0.05, 0) is 39.4 Å². The second-order valence-electron chi connectivity index (χ2n) is 4.66. The van der Waals surface area contributed by atoms with Gasteiger partial charge in [-0.1, -0.05) is 6.07 Å². The van der Waals surface area contributed by atoms with Crippen molar-refractivity contribution in [2.45, 2.75) is 26.0 Å². The van der Waals surface area contributed by atoms with Gasteiger partial charge in [-0.3, -0.25) is 4.79 Å². The predicted octanol–water partition coefficient (Wildman–Crippen LogP) is 1.89. The van der Waals surface area contributed by atoms with Gasteiger partial charge in [-0.2, -0.15) is 0 Å². The Morgan fingerprint density at radius 2 is 2.22 bits per heavy atom. The molecular formula is C13H22N2O2S. The zero-order chi connectivity index (χ0) is 13.5. The van der Waals surface area contributed by atoms with Crippen LogP contribution in [0.4, 0.5) is 0 Å². The van der Waals surface area contributed by atoms with Crippen molar-refractivity contribution in [2.24, 2.45) is 0 Å². The van der Waals surface area contributed by atoms with E-state index in [1.165, 1.54) is 4.88 Å². The van der Waals surface area contributed by atoms with Gasteiger partial charge in [0.15, 0.2) is 0 Å². The lowest BCUT2D eigenvalue weighted by atomic mass is 10.2. The fourth-order valence-corrected chi connectivity index (χ4v) is 2.45. The number of rotatable bonds is 7. The highest BCUT2D eigenvalue weighted by molar-refractivity contribution is 7.10. The van der Waals surface area contributed by atoms with E-state index in [-0.39, 0.29) is 24.7 Å². The summed E-state index contributed by atoms with van der Waals surface area (Å²) in [5, 5.41) is 4.96. The second kappa shape index (κ2) is 7.51. The van der Waals surface area contributed by atoms with Crippen LogP contribution in [0, 0.1) is 0 Å². The largest absolute Gasteiger partial charge is 0.369 e. The molecule has 1 aromatic rings. The quantitative estimate of drug-likeness (QED) is 0.822. The van der Waals surface area contributed by atoms with E-state index in [1.54, 1.807) is 11.3 Å². The Morgan fingerprint density at radius 1 is 1.50 bits per heavy atom. The van der Waals surface area contributed by atoms with Gasteiger partial charge in [-0.25, -0.2) is 0 Å². The highest BCUT2D eigenvalue weighted by Gasteiger charge is 2.16. The number of nitrogens with zero attached hydrogens (tertiary/aromatic N) is 1. The molecule has 1 aromatic heterocycles. The molecule has 0 aromatic carbocycles. The summed E-state index contributed by atoms with van der Waals surface area (Å²) in [6.45, 7) is 4.57. The van der Waals surface area contributed by atoms with E-state index in [0.29, 0.717) is 6.54 Å². The number of ether oxygens (including phenoxy) is 1. The third-order valence-electron chi connectivity index (χ3n) is 2.54. The standard InChI is InChI=1S/C13H22N2O2S/c1-10(2)17-9-13(16)14-8-11(15(3)4)12-6-5-7-18-12/h5-7,10-11H,8-9H2,1-4H3,(H,14,16). The Balaban J connectivity index is 2.41. The third kappa shape index (κ3) is 5.16. The predicted molar refractivity (Wildman–Crippen MR) is 74.8 cm³/mol. The van der Waals surface area contributed by atoms with Gasteiger partial charge >= 0.3 is 0 Å². The molecule has 1 rings (SSSR count). The summed E-state index contributed by atoms with van der Waals surface area (Å²) in [7, 11) is 4.03. The number of thiophene rings is 1. The number of nitrogens with one attached hydrogen (secondary N) is 1. The summed E-state index contributed by atoms with van der Waals surface area (Å²) >= 11 is 1.71. The van der Waals surface area contributed by atoms with Gasteiger partial charge in [-0.15, -0.1) is 11.3 Å². The summed E-state index contributed by atoms with van der Waals surface area (Å²) in [4.78, 5) is 15.0. The molecule has 0 saturated carbocycles. The molecule has 1 unspecified atom stereocenters. The molecule has 0 fully saturated rings. The van der Waals surface area contributed by atoms with Gasteiger partial charge in [0, 0.05) is 11.4 Å². The number of carbonyl (C=O) groups is 1. The summed E-state index contributed by atoms with van der Waals surface area (Å²) < 4.78 is 5.26. The summed E-state index contributed by atoms with van der Waals surface area (Å²) in [6.07, 6.45) is 0.0812. The smallest absolute Gasteiger partial charge is 0.246 e. The van der Waals surface area contributed by atoms with Crippen LogP contribution in [0.5, 0.6) is 0 Å². The lowest BCUT2D eigenvalue weighted by Crippen LogP contribution is -2.36. The normalized spacial score (nSPS) is 13.0. The molecule has 4 nitrogen and oxygen atoms in total. The molecule has 0 radical (unpaired) electrons. The SMILES string of the molecule is CC(C)OCC(=O)NCC(c1cccs1)N(C)C. The fourth-order valence-electron chi connectivity index (χ4n) is 1.52. The Morgan fingerprint density at radius 3 is 2.72 bits per heavy atom. The molecule has 1 atom stereocenters. The van der Waals surface area contributed by atoms with E-state index in [2.05, 4.69) is 21.7 Å². The average Bonchev–Trinajstić information content (AvgIpc) is 2.79. The maximum absolute atomic E-state index is 11.6. The van der Waals surface area contributed by atoms with Crippen molar-refractivity contribution in [1.82, 2.24) is 10.2 Å². The molecular weight excluding hydrogens is 248 g/mol. The molecule has 0 bridgehead atoms. The van der Waals surface area contributed by atoms with Crippen LogP contribution in [0.25, 0.3) is 0 Å². The van der Waals surface area contributed by atoms with Crippen LogP contribution in [0.1, 0.15) is 24.8 Å². The highest BCUT2D eigenvalue weighted by Crippen LogP contribution is 2.22. The fraction of sp³-hybridized carbons (Fsp3) is 0.615. The average molecular weight is 270 g/mol. The summed E-state index contributed by atoms with van der Waals surface area (Å²) in [6, 6.07) is 4.33. The zero-order valence-electron chi connectivity index (χ0n) is 11.5. The monoisotopic (exact) mass is 270 g/mol. The number of amides is 1. The van der Waals surface area contributed by atoms with Crippen LogP contribution in [0.2, 0.25) is 0 Å². The van der Waals surface area contributed by atoms with Crippen molar-refractivity contribution in [2.75, 3.05) is 27.2 Å². The zero-order valence-corrected chi connectivity index (χ0v) is 12.3. The minimum Gasteiger partial charge on any atom is -0.369 e. The minimum absolute atomic E-state index is 0.0629. The molecule has 1 N–H and O–H groups in total. The van der Waals surface area contributed by atoms with Crippen LogP contribution >= 0.6 is 11.3 Å². The second-order valence-corrected chi connectivity index (χ2v) is 5.64. The maximum Gasteiger partial charge on any atom is 0.246 e. The summed E-state index contributed by atoms with van der Waals surface area (Å²) in [5.41, 5.74) is 0. The number of hydrogen-bond acceptors (Lipinski definition) is 4. The van der Waals surface area contributed by atoms with Crippen molar-refractivity contribution in [1.29, 1.82) is 0 Å². The van der Waals surface area contributed by atoms with Crippen LogP contribution in [0.3, 0.4) is 0 Å². The molecule has 1 heterocycles. The van der Waals surface area contributed by atoms with E-state index in [9.17, 15) is 4.79 Å². The molecule has 0 aliphatic carbocycles. The van der Waals surface area contributed by atoms with E-state index in [1.807, 2.05) is 34.0 Å². The van der Waals surface area contributed by atoms with Crippen LogP contribution in [0.15, 0.2) is 17.5 Å². The number of carbonyl (C=O) groups excluding carboxylic acids is 1. The maximum atomic E-state index is 11.6. The van der Waals surface area contributed by atoms with Crippen molar-refractivity contribution in [3.8, 4) is 0 Å². The Bertz CT molecular complexity index is 350. The van der Waals surface area contributed by atoms with Crippen LogP contribution in [-0.2, 0) is 9.53 Å². The number of likely N-dealkylation sites (N-methyl/N-ethyl adjacent to an activating group) is 1. The Kier molecular flexibility index (Phi) is 6.32. The third-order valence-corrected chi connectivity index (χ3v) is 3.51. The van der Waals surface area contributed by atoms with Crippen LogP contribution < -0.4 is 5.32 Å². The lowest BCUT2D eigenvalue weighted by molar-refractivity contribution is -0.127. The topological polar surface area (TPSA) is 41.6 Å². The first-order valence-electron chi connectivity index (χ1n) is 6.09. The molecule has 5 heteroatoms. The van der Waals surface area contributed by atoms with Crippen molar-refractivity contribution in [3.05, 3.63) is 22.4 Å². The molecule has 0 saturated heterocycles. The lowest BCUT2D eigenvalue weighted by Gasteiger charge is -2.23. The molecule has 0 aliphatic heterocycles. The van der Waals surface area contributed by atoms with E-state index < -0.39 is 0 Å². The van der Waals surface area contributed by atoms with Gasteiger partial charge < -0.3 is 15.0 Å².